The van der Waals surface area contributed by atoms with Crippen molar-refractivity contribution in [1.82, 2.24) is 9.55 Å². The second-order valence-corrected chi connectivity index (χ2v) is 4.98. The van der Waals surface area contributed by atoms with E-state index < -0.39 is 0 Å². The summed E-state index contributed by atoms with van der Waals surface area (Å²) in [5, 5.41) is 2.01. The highest BCUT2D eigenvalue weighted by Crippen LogP contribution is 2.25. The van der Waals surface area contributed by atoms with Crippen LogP contribution in [0, 0.1) is 0 Å². The van der Waals surface area contributed by atoms with Gasteiger partial charge in [0.25, 0.3) is 0 Å². The SMILES string of the molecule is O=Cc1cc(-n2cnc3c2CCCC3)cs1. The van der Waals surface area contributed by atoms with E-state index in [9.17, 15) is 4.79 Å². The fourth-order valence-electron chi connectivity index (χ4n) is 2.22. The van der Waals surface area contributed by atoms with E-state index in [1.165, 1.54) is 35.6 Å². The van der Waals surface area contributed by atoms with Gasteiger partial charge in [-0.05, 0) is 31.7 Å². The van der Waals surface area contributed by atoms with Gasteiger partial charge in [-0.2, -0.15) is 0 Å². The fraction of sp³-hybridized carbons (Fsp3) is 0.333. The number of aromatic nitrogens is 2. The van der Waals surface area contributed by atoms with Crippen molar-refractivity contribution in [1.29, 1.82) is 0 Å². The van der Waals surface area contributed by atoms with Crippen LogP contribution in [-0.2, 0) is 12.8 Å². The van der Waals surface area contributed by atoms with Gasteiger partial charge in [0.05, 0.1) is 22.6 Å². The van der Waals surface area contributed by atoms with Crippen LogP contribution in [0.25, 0.3) is 5.69 Å². The number of imidazole rings is 1. The highest BCUT2D eigenvalue weighted by atomic mass is 32.1. The van der Waals surface area contributed by atoms with Crippen LogP contribution < -0.4 is 0 Å². The molecule has 0 amide bonds. The molecule has 2 aromatic rings. The number of carbonyl (C=O) groups is 1. The van der Waals surface area contributed by atoms with Crippen LogP contribution in [0.3, 0.4) is 0 Å². The Morgan fingerprint density at radius 2 is 2.25 bits per heavy atom. The number of hydrogen-bond acceptors (Lipinski definition) is 3. The monoisotopic (exact) mass is 232 g/mol. The molecular formula is C12H12N2OS. The topological polar surface area (TPSA) is 34.9 Å². The summed E-state index contributed by atoms with van der Waals surface area (Å²) < 4.78 is 2.12. The van der Waals surface area contributed by atoms with Crippen molar-refractivity contribution >= 4 is 17.6 Å². The van der Waals surface area contributed by atoms with E-state index in [1.807, 2.05) is 17.8 Å². The molecule has 0 spiro atoms. The molecule has 0 radical (unpaired) electrons. The van der Waals surface area contributed by atoms with Crippen molar-refractivity contribution in [3.8, 4) is 5.69 Å². The molecule has 0 atom stereocenters. The zero-order valence-electron chi connectivity index (χ0n) is 8.85. The average molecular weight is 232 g/mol. The predicted octanol–water partition coefficient (Wildman–Crippen LogP) is 2.63. The fourth-order valence-corrected chi connectivity index (χ4v) is 2.90. The Morgan fingerprint density at radius 3 is 3.06 bits per heavy atom. The molecule has 1 aliphatic carbocycles. The van der Waals surface area contributed by atoms with Crippen molar-refractivity contribution in [2.24, 2.45) is 0 Å². The van der Waals surface area contributed by atoms with Crippen LogP contribution in [-0.4, -0.2) is 15.8 Å². The van der Waals surface area contributed by atoms with Gasteiger partial charge in [0, 0.05) is 11.1 Å². The molecule has 1 aliphatic rings. The van der Waals surface area contributed by atoms with Gasteiger partial charge in [-0.3, -0.25) is 4.79 Å². The number of rotatable bonds is 2. The number of nitrogens with zero attached hydrogens (tertiary/aromatic N) is 2. The molecule has 3 rings (SSSR count). The third kappa shape index (κ3) is 1.50. The molecule has 4 heteroatoms. The molecule has 2 aromatic heterocycles. The lowest BCUT2D eigenvalue weighted by molar-refractivity contribution is 0.112. The van der Waals surface area contributed by atoms with Gasteiger partial charge in [-0.25, -0.2) is 4.98 Å². The Hall–Kier alpha value is -1.42. The third-order valence-corrected chi connectivity index (χ3v) is 3.88. The summed E-state index contributed by atoms with van der Waals surface area (Å²) in [5.74, 6) is 0. The predicted molar refractivity (Wildman–Crippen MR) is 63.5 cm³/mol. The summed E-state index contributed by atoms with van der Waals surface area (Å²) in [5.41, 5.74) is 3.62. The Kier molecular flexibility index (Phi) is 2.36. The van der Waals surface area contributed by atoms with Gasteiger partial charge in [0.1, 0.15) is 0 Å². The van der Waals surface area contributed by atoms with E-state index in [0.717, 1.165) is 29.7 Å². The minimum absolute atomic E-state index is 0.772. The molecule has 0 aromatic carbocycles. The molecule has 0 aliphatic heterocycles. The van der Waals surface area contributed by atoms with E-state index in [1.54, 1.807) is 0 Å². The maximum absolute atomic E-state index is 10.7. The summed E-state index contributed by atoms with van der Waals surface area (Å²) in [4.78, 5) is 15.9. The van der Waals surface area contributed by atoms with Gasteiger partial charge >= 0.3 is 0 Å². The first-order chi connectivity index (χ1) is 7.88. The van der Waals surface area contributed by atoms with E-state index in [0.29, 0.717) is 0 Å². The number of carbonyl (C=O) groups excluding carboxylic acids is 1. The van der Waals surface area contributed by atoms with Crippen LogP contribution in [0.5, 0.6) is 0 Å². The second kappa shape index (κ2) is 3.87. The van der Waals surface area contributed by atoms with Gasteiger partial charge in [0.15, 0.2) is 6.29 Å². The first-order valence-corrected chi connectivity index (χ1v) is 6.35. The van der Waals surface area contributed by atoms with Crippen molar-refractivity contribution in [3.63, 3.8) is 0 Å². The maximum atomic E-state index is 10.7. The van der Waals surface area contributed by atoms with Crippen molar-refractivity contribution < 1.29 is 4.79 Å². The number of fused-ring (bicyclic) bond motifs is 1. The maximum Gasteiger partial charge on any atom is 0.160 e. The van der Waals surface area contributed by atoms with Gasteiger partial charge < -0.3 is 4.57 Å². The largest absolute Gasteiger partial charge is 0.302 e. The van der Waals surface area contributed by atoms with Crippen molar-refractivity contribution in [2.45, 2.75) is 25.7 Å². The minimum Gasteiger partial charge on any atom is -0.302 e. The summed E-state index contributed by atoms with van der Waals surface area (Å²) in [6.45, 7) is 0. The average Bonchev–Trinajstić information content (AvgIpc) is 2.94. The molecule has 0 bridgehead atoms. The van der Waals surface area contributed by atoms with Crippen molar-refractivity contribution in [3.05, 3.63) is 34.0 Å². The Labute approximate surface area is 97.7 Å². The molecule has 82 valence electrons. The number of thiophene rings is 1. The lowest BCUT2D eigenvalue weighted by atomic mass is 10.0. The molecule has 0 fully saturated rings. The minimum atomic E-state index is 0.772. The molecule has 3 nitrogen and oxygen atoms in total. The number of hydrogen-bond donors (Lipinski definition) is 0. The van der Waals surface area contributed by atoms with E-state index in [-0.39, 0.29) is 0 Å². The summed E-state index contributed by atoms with van der Waals surface area (Å²) in [6, 6.07) is 1.92. The van der Waals surface area contributed by atoms with Gasteiger partial charge in [0.2, 0.25) is 0 Å². The summed E-state index contributed by atoms with van der Waals surface area (Å²) in [7, 11) is 0. The molecule has 0 N–H and O–H groups in total. The zero-order chi connectivity index (χ0) is 11.0. The van der Waals surface area contributed by atoms with Gasteiger partial charge in [-0.15, -0.1) is 11.3 Å². The van der Waals surface area contributed by atoms with Gasteiger partial charge in [-0.1, -0.05) is 0 Å². The molecule has 0 saturated carbocycles. The normalized spacial score (nSPS) is 14.8. The Balaban J connectivity index is 2.05. The highest BCUT2D eigenvalue weighted by Gasteiger charge is 2.16. The van der Waals surface area contributed by atoms with E-state index in [4.69, 9.17) is 0 Å². The van der Waals surface area contributed by atoms with Crippen LogP contribution in [0.4, 0.5) is 0 Å². The van der Waals surface area contributed by atoms with Crippen molar-refractivity contribution in [2.75, 3.05) is 0 Å². The smallest absolute Gasteiger partial charge is 0.160 e. The zero-order valence-corrected chi connectivity index (χ0v) is 9.67. The Morgan fingerprint density at radius 1 is 1.38 bits per heavy atom. The quantitative estimate of drug-likeness (QED) is 0.746. The number of aryl methyl sites for hydroxylation is 1. The molecule has 16 heavy (non-hydrogen) atoms. The highest BCUT2D eigenvalue weighted by molar-refractivity contribution is 7.12. The standard InChI is InChI=1S/C12H12N2OS/c15-6-10-5-9(7-16-10)14-8-13-11-3-1-2-4-12(11)14/h5-8H,1-4H2. The molecule has 2 heterocycles. The van der Waals surface area contributed by atoms with E-state index in [2.05, 4.69) is 9.55 Å². The molecular weight excluding hydrogens is 220 g/mol. The lowest BCUT2D eigenvalue weighted by Crippen LogP contribution is -2.06. The Bertz CT molecular complexity index is 527. The first kappa shape index (κ1) is 9.78. The van der Waals surface area contributed by atoms with Crippen LogP contribution in [0.2, 0.25) is 0 Å². The lowest BCUT2D eigenvalue weighted by Gasteiger charge is -2.12. The van der Waals surface area contributed by atoms with E-state index >= 15 is 0 Å². The number of aldehydes is 1. The van der Waals surface area contributed by atoms with Crippen LogP contribution >= 0.6 is 11.3 Å². The van der Waals surface area contributed by atoms with Crippen LogP contribution in [0.15, 0.2) is 17.8 Å². The van der Waals surface area contributed by atoms with Crippen LogP contribution in [0.1, 0.15) is 33.9 Å². The molecule has 0 saturated heterocycles. The molecule has 0 unspecified atom stereocenters. The first-order valence-electron chi connectivity index (χ1n) is 5.47. The summed E-state index contributed by atoms with van der Waals surface area (Å²) in [6.07, 6.45) is 7.45. The third-order valence-electron chi connectivity index (χ3n) is 3.03. The summed E-state index contributed by atoms with van der Waals surface area (Å²) >= 11 is 1.48. The second-order valence-electron chi connectivity index (χ2n) is 4.04.